The summed E-state index contributed by atoms with van der Waals surface area (Å²) < 4.78 is 17.3. The van der Waals surface area contributed by atoms with Crippen molar-refractivity contribution in [3.05, 3.63) is 40.8 Å². The quantitative estimate of drug-likeness (QED) is 0.883. The molecule has 1 N–H and O–H groups in total. The SMILES string of the molecule is Cc1cc(F)cc(Nc2snc(C)c2C#N)c1. The van der Waals surface area contributed by atoms with Gasteiger partial charge in [-0.15, -0.1) is 0 Å². The van der Waals surface area contributed by atoms with Crippen LogP contribution < -0.4 is 5.32 Å². The molecule has 0 saturated heterocycles. The van der Waals surface area contributed by atoms with Gasteiger partial charge in [0.25, 0.3) is 0 Å². The van der Waals surface area contributed by atoms with E-state index in [1.54, 1.807) is 6.92 Å². The number of halogens is 1. The second-order valence-electron chi connectivity index (χ2n) is 3.73. The molecule has 1 aromatic carbocycles. The predicted octanol–water partition coefficient (Wildman–Crippen LogP) is 3.51. The Kier molecular flexibility index (Phi) is 3.07. The fourth-order valence-corrected chi connectivity index (χ4v) is 2.29. The molecule has 3 nitrogen and oxygen atoms in total. The van der Waals surface area contributed by atoms with E-state index in [2.05, 4.69) is 15.8 Å². The molecule has 0 aliphatic rings. The zero-order valence-corrected chi connectivity index (χ0v) is 10.2. The second kappa shape index (κ2) is 4.52. The molecule has 86 valence electrons. The molecular weight excluding hydrogens is 237 g/mol. The summed E-state index contributed by atoms with van der Waals surface area (Å²) in [7, 11) is 0. The Balaban J connectivity index is 2.35. The summed E-state index contributed by atoms with van der Waals surface area (Å²) in [4.78, 5) is 0. The fraction of sp³-hybridized carbons (Fsp3) is 0.167. The molecule has 0 radical (unpaired) electrons. The van der Waals surface area contributed by atoms with Gasteiger partial charge in [-0.05, 0) is 49.1 Å². The molecule has 0 spiro atoms. The van der Waals surface area contributed by atoms with E-state index in [1.165, 1.54) is 23.7 Å². The van der Waals surface area contributed by atoms with Crippen LogP contribution in [0.15, 0.2) is 18.2 Å². The van der Waals surface area contributed by atoms with Gasteiger partial charge in [-0.2, -0.15) is 9.64 Å². The van der Waals surface area contributed by atoms with Crippen LogP contribution in [0, 0.1) is 31.0 Å². The lowest BCUT2D eigenvalue weighted by molar-refractivity contribution is 0.627. The van der Waals surface area contributed by atoms with Gasteiger partial charge in [0, 0.05) is 5.69 Å². The monoisotopic (exact) mass is 247 g/mol. The maximum Gasteiger partial charge on any atom is 0.132 e. The zero-order chi connectivity index (χ0) is 12.4. The van der Waals surface area contributed by atoms with E-state index in [-0.39, 0.29) is 5.82 Å². The average Bonchev–Trinajstić information content (AvgIpc) is 2.57. The maximum atomic E-state index is 13.2. The predicted molar refractivity (Wildman–Crippen MR) is 66.0 cm³/mol. The summed E-state index contributed by atoms with van der Waals surface area (Å²) in [5, 5.41) is 12.6. The van der Waals surface area contributed by atoms with E-state index < -0.39 is 0 Å². The van der Waals surface area contributed by atoms with Gasteiger partial charge in [-0.25, -0.2) is 4.39 Å². The third kappa shape index (κ3) is 2.43. The molecule has 1 heterocycles. The van der Waals surface area contributed by atoms with Crippen molar-refractivity contribution in [2.75, 3.05) is 5.32 Å². The van der Waals surface area contributed by atoms with Gasteiger partial charge in [-0.3, -0.25) is 0 Å². The molecule has 2 aromatic rings. The molecule has 0 amide bonds. The number of rotatable bonds is 2. The number of nitrogens with one attached hydrogen (secondary N) is 1. The van der Waals surface area contributed by atoms with Crippen LogP contribution in [0.3, 0.4) is 0 Å². The number of nitriles is 1. The molecule has 0 saturated carbocycles. The molecule has 0 unspecified atom stereocenters. The van der Waals surface area contributed by atoms with E-state index in [1.807, 2.05) is 13.0 Å². The van der Waals surface area contributed by atoms with E-state index in [4.69, 9.17) is 5.26 Å². The largest absolute Gasteiger partial charge is 0.345 e. The molecule has 1 aromatic heterocycles. The molecule has 0 fully saturated rings. The van der Waals surface area contributed by atoms with E-state index in [9.17, 15) is 4.39 Å². The smallest absolute Gasteiger partial charge is 0.132 e. The highest BCUT2D eigenvalue weighted by Gasteiger charge is 2.10. The first kappa shape index (κ1) is 11.6. The number of benzene rings is 1. The lowest BCUT2D eigenvalue weighted by Crippen LogP contribution is -1.92. The van der Waals surface area contributed by atoms with Crippen molar-refractivity contribution in [2.45, 2.75) is 13.8 Å². The molecule has 5 heteroatoms. The Morgan fingerprint density at radius 1 is 1.35 bits per heavy atom. The zero-order valence-electron chi connectivity index (χ0n) is 9.41. The van der Waals surface area contributed by atoms with Crippen LogP contribution in [-0.2, 0) is 0 Å². The van der Waals surface area contributed by atoms with Crippen molar-refractivity contribution in [3.63, 3.8) is 0 Å². The Bertz CT molecular complexity index is 578. The lowest BCUT2D eigenvalue weighted by Gasteiger charge is -2.05. The average molecular weight is 247 g/mol. The Labute approximate surface area is 103 Å². The minimum absolute atomic E-state index is 0.299. The second-order valence-corrected chi connectivity index (χ2v) is 4.50. The number of hydrogen-bond acceptors (Lipinski definition) is 4. The van der Waals surface area contributed by atoms with Gasteiger partial charge in [-0.1, -0.05) is 0 Å². The van der Waals surface area contributed by atoms with Crippen LogP contribution >= 0.6 is 11.5 Å². The molecule has 2 rings (SSSR count). The van der Waals surface area contributed by atoms with Crippen LogP contribution in [0.1, 0.15) is 16.8 Å². The van der Waals surface area contributed by atoms with Crippen LogP contribution in [0.4, 0.5) is 15.1 Å². The number of hydrogen-bond donors (Lipinski definition) is 1. The summed E-state index contributed by atoms with van der Waals surface area (Å²) in [5.41, 5.74) is 2.65. The fourth-order valence-electron chi connectivity index (χ4n) is 1.53. The standard InChI is InChI=1S/C12H10FN3S/c1-7-3-9(13)5-10(4-7)15-12-11(6-14)8(2)16-17-12/h3-5,15H,1-2H3. The molecular formula is C12H10FN3S. The van der Waals surface area contributed by atoms with Gasteiger partial charge in [0.1, 0.15) is 22.5 Å². The highest BCUT2D eigenvalue weighted by atomic mass is 32.1. The summed E-state index contributed by atoms with van der Waals surface area (Å²) in [6.45, 7) is 3.59. The molecule has 0 atom stereocenters. The Morgan fingerprint density at radius 3 is 2.76 bits per heavy atom. The van der Waals surface area contributed by atoms with E-state index >= 15 is 0 Å². The van der Waals surface area contributed by atoms with Crippen molar-refractivity contribution in [1.82, 2.24) is 4.37 Å². The third-order valence-electron chi connectivity index (χ3n) is 2.27. The van der Waals surface area contributed by atoms with Gasteiger partial charge in [0.05, 0.1) is 5.69 Å². The van der Waals surface area contributed by atoms with Crippen molar-refractivity contribution >= 4 is 22.2 Å². The topological polar surface area (TPSA) is 48.7 Å². The number of aromatic nitrogens is 1. The molecule has 0 aliphatic carbocycles. The van der Waals surface area contributed by atoms with Crippen molar-refractivity contribution in [2.24, 2.45) is 0 Å². The van der Waals surface area contributed by atoms with Gasteiger partial charge >= 0.3 is 0 Å². The minimum Gasteiger partial charge on any atom is -0.345 e. The van der Waals surface area contributed by atoms with Gasteiger partial charge in [0.2, 0.25) is 0 Å². The number of aryl methyl sites for hydroxylation is 2. The summed E-state index contributed by atoms with van der Waals surface area (Å²) in [5.74, 6) is -0.299. The highest BCUT2D eigenvalue weighted by Crippen LogP contribution is 2.27. The van der Waals surface area contributed by atoms with Crippen LogP contribution in [0.2, 0.25) is 0 Å². The number of anilines is 2. The molecule has 17 heavy (non-hydrogen) atoms. The molecule has 0 bridgehead atoms. The van der Waals surface area contributed by atoms with Crippen LogP contribution in [0.5, 0.6) is 0 Å². The third-order valence-corrected chi connectivity index (χ3v) is 3.13. The first-order valence-corrected chi connectivity index (χ1v) is 5.78. The Hall–Kier alpha value is -1.93. The summed E-state index contributed by atoms with van der Waals surface area (Å²) in [6.07, 6.45) is 0. The van der Waals surface area contributed by atoms with Crippen LogP contribution in [-0.4, -0.2) is 4.37 Å². The first-order chi connectivity index (χ1) is 8.10. The Morgan fingerprint density at radius 2 is 2.12 bits per heavy atom. The van der Waals surface area contributed by atoms with Gasteiger partial charge < -0.3 is 5.32 Å². The van der Waals surface area contributed by atoms with Crippen molar-refractivity contribution < 1.29 is 4.39 Å². The summed E-state index contributed by atoms with van der Waals surface area (Å²) >= 11 is 1.20. The highest BCUT2D eigenvalue weighted by molar-refractivity contribution is 7.10. The van der Waals surface area contributed by atoms with Crippen LogP contribution in [0.25, 0.3) is 0 Å². The van der Waals surface area contributed by atoms with Crippen molar-refractivity contribution in [1.29, 1.82) is 5.26 Å². The van der Waals surface area contributed by atoms with E-state index in [0.29, 0.717) is 21.9 Å². The normalized spacial score (nSPS) is 10.0. The first-order valence-electron chi connectivity index (χ1n) is 5.00. The maximum absolute atomic E-state index is 13.2. The lowest BCUT2D eigenvalue weighted by atomic mass is 10.2. The van der Waals surface area contributed by atoms with Gasteiger partial charge in [0.15, 0.2) is 0 Å². The number of nitrogens with zero attached hydrogens (tertiary/aromatic N) is 2. The minimum atomic E-state index is -0.299. The van der Waals surface area contributed by atoms with E-state index in [0.717, 1.165) is 5.56 Å². The molecule has 0 aliphatic heterocycles. The summed E-state index contributed by atoms with van der Waals surface area (Å²) in [6, 6.07) is 6.75. The van der Waals surface area contributed by atoms with Crippen molar-refractivity contribution in [3.8, 4) is 6.07 Å².